The SMILES string of the molecule is CC(C)c1ccc2c(c1C(C)C)N(C(C)C)C1=C(CC#CCC=C1)CC2. The molecule has 0 aromatic heterocycles. The van der Waals surface area contributed by atoms with Crippen LogP contribution in [0.2, 0.25) is 0 Å². The van der Waals surface area contributed by atoms with E-state index in [-0.39, 0.29) is 0 Å². The van der Waals surface area contributed by atoms with Gasteiger partial charge in [0.05, 0.1) is 0 Å². The topological polar surface area (TPSA) is 3.24 Å². The van der Waals surface area contributed by atoms with Crippen molar-refractivity contribution >= 4 is 5.69 Å². The van der Waals surface area contributed by atoms with E-state index in [9.17, 15) is 0 Å². The van der Waals surface area contributed by atoms with E-state index in [0.717, 1.165) is 25.7 Å². The Bertz CT molecular complexity index is 793. The van der Waals surface area contributed by atoms with Gasteiger partial charge in [-0.05, 0) is 66.9 Å². The molecule has 0 saturated heterocycles. The standard InChI is InChI=1S/C25H33N/c1-17(2)22-16-15-21-14-13-20-11-9-7-8-10-12-23(20)26(19(5)6)25(21)24(22)18(3)4/h10,12,15-19H,8,11,13-14H2,1-6H3. The third kappa shape index (κ3) is 3.48. The molecule has 0 saturated carbocycles. The van der Waals surface area contributed by atoms with Gasteiger partial charge >= 0.3 is 0 Å². The number of hydrogen-bond donors (Lipinski definition) is 0. The Balaban J connectivity index is 2.29. The third-order valence-electron chi connectivity index (χ3n) is 5.53. The minimum absolute atomic E-state index is 0.425. The van der Waals surface area contributed by atoms with Gasteiger partial charge in [0.2, 0.25) is 0 Å². The van der Waals surface area contributed by atoms with E-state index < -0.39 is 0 Å². The van der Waals surface area contributed by atoms with Crippen molar-refractivity contribution in [3.8, 4) is 11.8 Å². The maximum absolute atomic E-state index is 3.38. The molecule has 1 heteroatoms. The highest BCUT2D eigenvalue weighted by Crippen LogP contribution is 2.43. The predicted molar refractivity (Wildman–Crippen MR) is 114 cm³/mol. The second-order valence-corrected chi connectivity index (χ2v) is 8.47. The number of nitrogens with zero attached hydrogens (tertiary/aromatic N) is 1. The molecule has 1 aliphatic carbocycles. The van der Waals surface area contributed by atoms with E-state index in [2.05, 4.69) is 82.6 Å². The number of allylic oxidation sites excluding steroid dienone is 3. The molecule has 1 aromatic carbocycles. The van der Waals surface area contributed by atoms with Gasteiger partial charge in [-0.2, -0.15) is 0 Å². The molecule has 1 aromatic rings. The zero-order chi connectivity index (χ0) is 18.8. The summed E-state index contributed by atoms with van der Waals surface area (Å²) < 4.78 is 0. The Hall–Kier alpha value is -1.94. The highest BCUT2D eigenvalue weighted by Gasteiger charge is 2.28. The molecule has 0 atom stereocenters. The first-order chi connectivity index (χ1) is 12.4. The molecular weight excluding hydrogens is 314 g/mol. The summed E-state index contributed by atoms with van der Waals surface area (Å²) in [6.45, 7) is 14.0. The molecule has 2 aliphatic rings. The Morgan fingerprint density at radius 3 is 2.35 bits per heavy atom. The highest BCUT2D eigenvalue weighted by atomic mass is 15.2. The first-order valence-corrected chi connectivity index (χ1v) is 10.2. The van der Waals surface area contributed by atoms with Gasteiger partial charge in [-0.1, -0.05) is 57.7 Å². The lowest BCUT2D eigenvalue weighted by atomic mass is 9.86. The first-order valence-electron chi connectivity index (χ1n) is 10.2. The minimum Gasteiger partial charge on any atom is -0.338 e. The van der Waals surface area contributed by atoms with Gasteiger partial charge in [0.25, 0.3) is 0 Å². The van der Waals surface area contributed by atoms with E-state index in [0.29, 0.717) is 17.9 Å². The molecule has 1 heterocycles. The van der Waals surface area contributed by atoms with Gasteiger partial charge in [-0.3, -0.25) is 0 Å². The Morgan fingerprint density at radius 2 is 1.69 bits per heavy atom. The van der Waals surface area contributed by atoms with E-state index in [1.54, 1.807) is 5.56 Å². The minimum atomic E-state index is 0.425. The van der Waals surface area contributed by atoms with Crippen LogP contribution >= 0.6 is 0 Å². The van der Waals surface area contributed by atoms with Crippen molar-refractivity contribution < 1.29 is 0 Å². The molecule has 3 rings (SSSR count). The highest BCUT2D eigenvalue weighted by molar-refractivity contribution is 5.70. The summed E-state index contributed by atoms with van der Waals surface area (Å²) in [7, 11) is 0. The van der Waals surface area contributed by atoms with Crippen LogP contribution in [0.25, 0.3) is 0 Å². The fraction of sp³-hybridized carbons (Fsp3) is 0.520. The lowest BCUT2D eigenvalue weighted by molar-refractivity contribution is 0.731. The molecule has 1 aliphatic heterocycles. The van der Waals surface area contributed by atoms with Crippen molar-refractivity contribution in [2.24, 2.45) is 0 Å². The van der Waals surface area contributed by atoms with Crippen molar-refractivity contribution in [1.82, 2.24) is 0 Å². The second kappa shape index (κ2) is 7.75. The van der Waals surface area contributed by atoms with Crippen molar-refractivity contribution in [2.45, 2.75) is 85.1 Å². The molecule has 0 amide bonds. The van der Waals surface area contributed by atoms with Crippen LogP contribution in [0.1, 0.15) is 89.3 Å². The maximum atomic E-state index is 3.38. The fourth-order valence-electron chi connectivity index (χ4n) is 4.35. The summed E-state index contributed by atoms with van der Waals surface area (Å²) >= 11 is 0. The summed E-state index contributed by atoms with van der Waals surface area (Å²) in [5, 5.41) is 0. The molecule has 0 radical (unpaired) electrons. The van der Waals surface area contributed by atoms with Gasteiger partial charge < -0.3 is 4.90 Å². The Morgan fingerprint density at radius 1 is 0.923 bits per heavy atom. The number of hydrogen-bond acceptors (Lipinski definition) is 1. The second-order valence-electron chi connectivity index (χ2n) is 8.47. The lowest BCUT2D eigenvalue weighted by Crippen LogP contribution is -2.32. The zero-order valence-electron chi connectivity index (χ0n) is 17.3. The zero-order valence-corrected chi connectivity index (χ0v) is 17.3. The molecule has 0 bridgehead atoms. The average Bonchev–Trinajstić information content (AvgIpc) is 2.70. The number of benzene rings is 1. The maximum Gasteiger partial charge on any atom is 0.0483 e. The molecule has 0 N–H and O–H groups in total. The van der Waals surface area contributed by atoms with Crippen LogP contribution in [0.4, 0.5) is 5.69 Å². The van der Waals surface area contributed by atoms with Crippen LogP contribution in [0.15, 0.2) is 35.6 Å². The van der Waals surface area contributed by atoms with Crippen molar-refractivity contribution in [2.75, 3.05) is 4.90 Å². The van der Waals surface area contributed by atoms with Gasteiger partial charge in [0.1, 0.15) is 0 Å². The first kappa shape index (κ1) is 18.8. The number of rotatable bonds is 3. The summed E-state index contributed by atoms with van der Waals surface area (Å²) in [6, 6.07) is 5.20. The molecule has 26 heavy (non-hydrogen) atoms. The number of aryl methyl sites for hydroxylation is 1. The Labute approximate surface area is 160 Å². The van der Waals surface area contributed by atoms with Gasteiger partial charge in [-0.15, -0.1) is 0 Å². The van der Waals surface area contributed by atoms with Crippen molar-refractivity contribution in [3.63, 3.8) is 0 Å². The molecule has 1 nitrogen and oxygen atoms in total. The fourth-order valence-corrected chi connectivity index (χ4v) is 4.35. The van der Waals surface area contributed by atoms with Crippen LogP contribution in [0.3, 0.4) is 0 Å². The molecular formula is C25H33N. The number of fused-ring (bicyclic) bond motifs is 1. The van der Waals surface area contributed by atoms with Crippen LogP contribution < -0.4 is 4.90 Å². The van der Waals surface area contributed by atoms with E-state index in [1.807, 2.05) is 0 Å². The monoisotopic (exact) mass is 347 g/mol. The normalized spacial score (nSPS) is 16.9. The van der Waals surface area contributed by atoms with Gasteiger partial charge in [0.15, 0.2) is 0 Å². The molecule has 0 fully saturated rings. The van der Waals surface area contributed by atoms with Crippen molar-refractivity contribution in [1.29, 1.82) is 0 Å². The summed E-state index contributed by atoms with van der Waals surface area (Å²) in [6.07, 6.45) is 8.57. The third-order valence-corrected chi connectivity index (χ3v) is 5.53. The van der Waals surface area contributed by atoms with E-state index in [4.69, 9.17) is 0 Å². The smallest absolute Gasteiger partial charge is 0.0483 e. The van der Waals surface area contributed by atoms with E-state index >= 15 is 0 Å². The summed E-state index contributed by atoms with van der Waals surface area (Å²) in [5.74, 6) is 7.71. The van der Waals surface area contributed by atoms with Crippen molar-refractivity contribution in [3.05, 3.63) is 52.2 Å². The number of anilines is 1. The van der Waals surface area contributed by atoms with Gasteiger partial charge in [0, 0.05) is 30.3 Å². The van der Waals surface area contributed by atoms with Crippen LogP contribution in [-0.4, -0.2) is 6.04 Å². The van der Waals surface area contributed by atoms with Crippen LogP contribution in [0, 0.1) is 11.8 Å². The lowest BCUT2D eigenvalue weighted by Gasteiger charge is -2.36. The quantitative estimate of drug-likeness (QED) is 0.550. The van der Waals surface area contributed by atoms with Crippen LogP contribution in [0.5, 0.6) is 0 Å². The predicted octanol–water partition coefficient (Wildman–Crippen LogP) is 6.70. The summed E-state index contributed by atoms with van der Waals surface area (Å²) in [4.78, 5) is 2.61. The largest absolute Gasteiger partial charge is 0.338 e. The van der Waals surface area contributed by atoms with Gasteiger partial charge in [-0.25, -0.2) is 0 Å². The summed E-state index contributed by atoms with van der Waals surface area (Å²) in [5.41, 5.74) is 8.92. The van der Waals surface area contributed by atoms with E-state index in [1.165, 1.54) is 28.1 Å². The Kier molecular flexibility index (Phi) is 5.61. The molecule has 138 valence electrons. The average molecular weight is 348 g/mol. The molecule has 0 spiro atoms. The van der Waals surface area contributed by atoms with Crippen LogP contribution in [-0.2, 0) is 6.42 Å². The molecule has 0 unspecified atom stereocenters.